The summed E-state index contributed by atoms with van der Waals surface area (Å²) in [5.41, 5.74) is 1.47. The van der Waals surface area contributed by atoms with Gasteiger partial charge in [0.1, 0.15) is 11.6 Å². The van der Waals surface area contributed by atoms with Gasteiger partial charge < -0.3 is 15.5 Å². The second-order valence-corrected chi connectivity index (χ2v) is 5.55. The maximum atomic E-state index is 13.6. The lowest BCUT2D eigenvalue weighted by atomic mass is 10.0. The first-order chi connectivity index (χ1) is 10.6. The molecule has 0 radical (unpaired) electrons. The molecule has 0 aliphatic heterocycles. The first-order valence-electron chi connectivity index (χ1n) is 7.50. The van der Waals surface area contributed by atoms with E-state index in [1.807, 2.05) is 19.1 Å². The molecule has 22 heavy (non-hydrogen) atoms. The van der Waals surface area contributed by atoms with Crippen molar-refractivity contribution < 1.29 is 14.6 Å². The minimum atomic E-state index is -0.850. The lowest BCUT2D eigenvalue weighted by Gasteiger charge is -2.18. The van der Waals surface area contributed by atoms with E-state index in [1.54, 1.807) is 30.3 Å². The van der Waals surface area contributed by atoms with Crippen LogP contribution in [0, 0.1) is 5.82 Å². The Kier molecular flexibility index (Phi) is 5.92. The Morgan fingerprint density at radius 2 is 1.77 bits per heavy atom. The van der Waals surface area contributed by atoms with Crippen LogP contribution >= 0.6 is 0 Å². The summed E-state index contributed by atoms with van der Waals surface area (Å²) in [5.74, 6) is -0.114. The predicted molar refractivity (Wildman–Crippen MR) is 85.3 cm³/mol. The minimum Gasteiger partial charge on any atom is -0.508 e. The lowest BCUT2D eigenvalue weighted by Crippen LogP contribution is -2.31. The standard InChI is InChI=1S/C18H22FNO2/c1-13(6-7-14-8-10-15(21)11-9-14)20-12-18(22)16-4-2-3-5-17(16)19/h2-5,8-11,13,18,20-22H,6-7,12H2,1H3. The summed E-state index contributed by atoms with van der Waals surface area (Å²) >= 11 is 0. The number of aryl methyl sites for hydroxylation is 1. The summed E-state index contributed by atoms with van der Waals surface area (Å²) in [5, 5.41) is 22.5. The Balaban J connectivity index is 1.76. The number of aliphatic hydroxyl groups is 1. The van der Waals surface area contributed by atoms with Crippen molar-refractivity contribution in [2.24, 2.45) is 0 Å². The summed E-state index contributed by atoms with van der Waals surface area (Å²) in [4.78, 5) is 0. The molecule has 3 N–H and O–H groups in total. The molecule has 0 aliphatic carbocycles. The van der Waals surface area contributed by atoms with E-state index in [2.05, 4.69) is 5.32 Å². The molecule has 118 valence electrons. The Morgan fingerprint density at radius 3 is 2.45 bits per heavy atom. The summed E-state index contributed by atoms with van der Waals surface area (Å²) in [7, 11) is 0. The second-order valence-electron chi connectivity index (χ2n) is 5.55. The maximum absolute atomic E-state index is 13.6. The molecule has 0 aromatic heterocycles. The predicted octanol–water partition coefficient (Wildman–Crippen LogP) is 3.18. The Morgan fingerprint density at radius 1 is 1.09 bits per heavy atom. The molecule has 4 heteroatoms. The molecular weight excluding hydrogens is 281 g/mol. The van der Waals surface area contributed by atoms with Crippen molar-refractivity contribution in [1.82, 2.24) is 5.32 Å². The fourth-order valence-corrected chi connectivity index (χ4v) is 2.32. The number of benzene rings is 2. The second kappa shape index (κ2) is 7.92. The zero-order chi connectivity index (χ0) is 15.9. The molecule has 3 nitrogen and oxygen atoms in total. The third kappa shape index (κ3) is 4.83. The van der Waals surface area contributed by atoms with Crippen LogP contribution < -0.4 is 5.32 Å². The number of phenols is 1. The van der Waals surface area contributed by atoms with Gasteiger partial charge in [0.15, 0.2) is 0 Å². The molecule has 0 heterocycles. The van der Waals surface area contributed by atoms with Crippen LogP contribution in [0.1, 0.15) is 30.6 Å². The average Bonchev–Trinajstić information content (AvgIpc) is 2.52. The summed E-state index contributed by atoms with van der Waals surface area (Å²) < 4.78 is 13.6. The Hall–Kier alpha value is -1.91. The van der Waals surface area contributed by atoms with Crippen molar-refractivity contribution in [1.29, 1.82) is 0 Å². The molecule has 2 unspecified atom stereocenters. The number of hydrogen-bond acceptors (Lipinski definition) is 3. The minimum absolute atomic E-state index is 0.204. The SMILES string of the molecule is CC(CCc1ccc(O)cc1)NCC(O)c1ccccc1F. The van der Waals surface area contributed by atoms with Crippen LogP contribution in [0.4, 0.5) is 4.39 Å². The van der Waals surface area contributed by atoms with Crippen molar-refractivity contribution >= 4 is 0 Å². The van der Waals surface area contributed by atoms with Gasteiger partial charge in [0.25, 0.3) is 0 Å². The number of nitrogens with one attached hydrogen (secondary N) is 1. The zero-order valence-electron chi connectivity index (χ0n) is 12.7. The van der Waals surface area contributed by atoms with E-state index >= 15 is 0 Å². The van der Waals surface area contributed by atoms with Crippen LogP contribution in [0.5, 0.6) is 5.75 Å². The van der Waals surface area contributed by atoms with Gasteiger partial charge in [-0.15, -0.1) is 0 Å². The molecule has 2 rings (SSSR count). The van der Waals surface area contributed by atoms with Gasteiger partial charge in [0, 0.05) is 18.2 Å². The molecule has 0 saturated heterocycles. The highest BCUT2D eigenvalue weighted by Crippen LogP contribution is 2.16. The molecule has 0 bridgehead atoms. The van der Waals surface area contributed by atoms with E-state index in [0.717, 1.165) is 18.4 Å². The van der Waals surface area contributed by atoms with Crippen molar-refractivity contribution in [2.45, 2.75) is 31.9 Å². The van der Waals surface area contributed by atoms with Gasteiger partial charge in [-0.25, -0.2) is 4.39 Å². The van der Waals surface area contributed by atoms with Gasteiger partial charge in [-0.1, -0.05) is 30.3 Å². The molecule has 0 aliphatic rings. The fraction of sp³-hybridized carbons (Fsp3) is 0.333. The van der Waals surface area contributed by atoms with Crippen LogP contribution in [0.15, 0.2) is 48.5 Å². The fourth-order valence-electron chi connectivity index (χ4n) is 2.32. The number of rotatable bonds is 7. The molecule has 0 amide bonds. The highest BCUT2D eigenvalue weighted by molar-refractivity contribution is 5.26. The summed E-state index contributed by atoms with van der Waals surface area (Å²) in [6, 6.07) is 13.6. The molecular formula is C18H22FNO2. The van der Waals surface area contributed by atoms with Crippen molar-refractivity contribution in [3.63, 3.8) is 0 Å². The number of aliphatic hydroxyl groups excluding tert-OH is 1. The van der Waals surface area contributed by atoms with E-state index in [1.165, 1.54) is 6.07 Å². The molecule has 0 fully saturated rings. The molecule has 2 atom stereocenters. The van der Waals surface area contributed by atoms with Crippen LogP contribution in [0.2, 0.25) is 0 Å². The van der Waals surface area contributed by atoms with E-state index in [-0.39, 0.29) is 17.6 Å². The van der Waals surface area contributed by atoms with Gasteiger partial charge in [0.05, 0.1) is 6.10 Å². The normalized spacial score (nSPS) is 13.8. The van der Waals surface area contributed by atoms with Gasteiger partial charge in [-0.05, 0) is 43.5 Å². The number of phenolic OH excluding ortho intramolecular Hbond substituents is 1. The first-order valence-corrected chi connectivity index (χ1v) is 7.50. The van der Waals surface area contributed by atoms with Crippen molar-refractivity contribution in [3.8, 4) is 5.75 Å². The van der Waals surface area contributed by atoms with Crippen LogP contribution in [0.25, 0.3) is 0 Å². The van der Waals surface area contributed by atoms with E-state index in [4.69, 9.17) is 0 Å². The largest absolute Gasteiger partial charge is 0.508 e. The number of aromatic hydroxyl groups is 1. The lowest BCUT2D eigenvalue weighted by molar-refractivity contribution is 0.165. The van der Waals surface area contributed by atoms with E-state index < -0.39 is 6.10 Å². The highest BCUT2D eigenvalue weighted by Gasteiger charge is 2.13. The highest BCUT2D eigenvalue weighted by atomic mass is 19.1. The third-order valence-corrected chi connectivity index (χ3v) is 3.73. The molecule has 0 spiro atoms. The summed E-state index contributed by atoms with van der Waals surface area (Å²) in [6.45, 7) is 2.35. The third-order valence-electron chi connectivity index (χ3n) is 3.73. The van der Waals surface area contributed by atoms with Gasteiger partial charge in [-0.2, -0.15) is 0 Å². The summed E-state index contributed by atoms with van der Waals surface area (Å²) in [6.07, 6.45) is 0.927. The number of hydrogen-bond donors (Lipinski definition) is 3. The van der Waals surface area contributed by atoms with Crippen molar-refractivity contribution in [2.75, 3.05) is 6.54 Å². The van der Waals surface area contributed by atoms with Crippen molar-refractivity contribution in [3.05, 3.63) is 65.5 Å². The van der Waals surface area contributed by atoms with Crippen LogP contribution in [0.3, 0.4) is 0 Å². The molecule has 2 aromatic rings. The molecule has 2 aromatic carbocycles. The first kappa shape index (κ1) is 16.5. The number of halogens is 1. The van der Waals surface area contributed by atoms with Gasteiger partial charge in [-0.3, -0.25) is 0 Å². The Bertz CT molecular complexity index is 586. The zero-order valence-corrected chi connectivity index (χ0v) is 12.7. The Labute approximate surface area is 130 Å². The topological polar surface area (TPSA) is 52.5 Å². The van der Waals surface area contributed by atoms with Crippen LogP contribution in [-0.4, -0.2) is 22.8 Å². The molecule has 0 saturated carbocycles. The van der Waals surface area contributed by atoms with Gasteiger partial charge in [0.2, 0.25) is 0 Å². The quantitative estimate of drug-likeness (QED) is 0.736. The average molecular weight is 303 g/mol. The van der Waals surface area contributed by atoms with Crippen LogP contribution in [-0.2, 0) is 6.42 Å². The van der Waals surface area contributed by atoms with E-state index in [0.29, 0.717) is 12.1 Å². The maximum Gasteiger partial charge on any atom is 0.129 e. The monoisotopic (exact) mass is 303 g/mol. The van der Waals surface area contributed by atoms with E-state index in [9.17, 15) is 14.6 Å². The van der Waals surface area contributed by atoms with Gasteiger partial charge >= 0.3 is 0 Å². The smallest absolute Gasteiger partial charge is 0.129 e.